The van der Waals surface area contributed by atoms with Gasteiger partial charge in [-0.2, -0.15) is 0 Å². The molecule has 2 heteroatoms. The van der Waals surface area contributed by atoms with E-state index < -0.39 is 0 Å². The first-order valence-corrected chi connectivity index (χ1v) is 6.85. The third kappa shape index (κ3) is 2.32. The van der Waals surface area contributed by atoms with Crippen molar-refractivity contribution < 1.29 is 0 Å². The van der Waals surface area contributed by atoms with Crippen molar-refractivity contribution in [2.75, 3.05) is 11.9 Å². The molecule has 1 aromatic rings. The zero-order valence-corrected chi connectivity index (χ0v) is 10.6. The van der Waals surface area contributed by atoms with E-state index in [9.17, 15) is 0 Å². The highest BCUT2D eigenvalue weighted by Crippen LogP contribution is 2.30. The first kappa shape index (κ1) is 11.1. The number of hydrogen-bond acceptors (Lipinski definition) is 2. The second-order valence-electron chi connectivity index (χ2n) is 5.85. The number of benzene rings is 1. The molecule has 17 heavy (non-hydrogen) atoms. The van der Waals surface area contributed by atoms with Crippen molar-refractivity contribution in [3.8, 4) is 0 Å². The first-order valence-electron chi connectivity index (χ1n) is 6.85. The summed E-state index contributed by atoms with van der Waals surface area (Å²) >= 11 is 0. The minimum Gasteiger partial charge on any atom is -0.380 e. The van der Waals surface area contributed by atoms with E-state index in [1.165, 1.54) is 43.4 Å². The molecule has 1 saturated carbocycles. The Morgan fingerprint density at radius 2 is 2.06 bits per heavy atom. The van der Waals surface area contributed by atoms with E-state index in [-0.39, 0.29) is 0 Å². The third-order valence-corrected chi connectivity index (χ3v) is 4.33. The van der Waals surface area contributed by atoms with Crippen molar-refractivity contribution in [3.05, 3.63) is 29.8 Å². The maximum atomic E-state index is 3.77. The lowest BCUT2D eigenvalue weighted by molar-refractivity contribution is 0.357. The summed E-state index contributed by atoms with van der Waals surface area (Å²) in [6.45, 7) is 3.47. The lowest BCUT2D eigenvalue weighted by atomic mass is 10.00. The van der Waals surface area contributed by atoms with E-state index in [2.05, 4.69) is 41.8 Å². The SMILES string of the molecule is CC1(NCC2Cc3ccccc3N2)CCCC1. The molecule has 2 N–H and O–H groups in total. The first-order chi connectivity index (χ1) is 8.25. The fourth-order valence-electron chi connectivity index (χ4n) is 3.20. The molecule has 1 fully saturated rings. The van der Waals surface area contributed by atoms with Gasteiger partial charge >= 0.3 is 0 Å². The third-order valence-electron chi connectivity index (χ3n) is 4.33. The molecule has 1 unspecified atom stereocenters. The molecule has 0 saturated heterocycles. The summed E-state index contributed by atoms with van der Waals surface area (Å²) in [5, 5.41) is 7.39. The molecule has 1 aromatic carbocycles. The number of para-hydroxylation sites is 1. The van der Waals surface area contributed by atoms with Crippen molar-refractivity contribution in [3.63, 3.8) is 0 Å². The van der Waals surface area contributed by atoms with Crippen LogP contribution in [0.3, 0.4) is 0 Å². The Morgan fingerprint density at radius 1 is 1.29 bits per heavy atom. The number of anilines is 1. The van der Waals surface area contributed by atoms with Gasteiger partial charge in [0.25, 0.3) is 0 Å². The Labute approximate surface area is 104 Å². The lowest BCUT2D eigenvalue weighted by Gasteiger charge is -2.27. The van der Waals surface area contributed by atoms with Crippen LogP contribution in [0.25, 0.3) is 0 Å². The largest absolute Gasteiger partial charge is 0.380 e. The van der Waals surface area contributed by atoms with E-state index in [1.54, 1.807) is 0 Å². The molecule has 92 valence electrons. The highest BCUT2D eigenvalue weighted by Gasteiger charge is 2.29. The minimum atomic E-state index is 0.399. The molecule has 1 atom stereocenters. The summed E-state index contributed by atoms with van der Waals surface area (Å²) in [4.78, 5) is 0. The van der Waals surface area contributed by atoms with Gasteiger partial charge in [0, 0.05) is 23.8 Å². The molecule has 0 spiro atoms. The number of fused-ring (bicyclic) bond motifs is 1. The summed E-state index contributed by atoms with van der Waals surface area (Å²) in [5.74, 6) is 0. The van der Waals surface area contributed by atoms with E-state index in [0.29, 0.717) is 11.6 Å². The topological polar surface area (TPSA) is 24.1 Å². The Kier molecular flexibility index (Phi) is 2.83. The van der Waals surface area contributed by atoms with Gasteiger partial charge in [0.2, 0.25) is 0 Å². The van der Waals surface area contributed by atoms with Crippen LogP contribution in [0.5, 0.6) is 0 Å². The molecule has 2 aliphatic rings. The normalized spacial score (nSPS) is 25.6. The van der Waals surface area contributed by atoms with Gasteiger partial charge in [0.15, 0.2) is 0 Å². The number of nitrogens with one attached hydrogen (secondary N) is 2. The number of rotatable bonds is 3. The van der Waals surface area contributed by atoms with Gasteiger partial charge in [0.1, 0.15) is 0 Å². The molecule has 0 bridgehead atoms. The Morgan fingerprint density at radius 3 is 2.82 bits per heavy atom. The van der Waals surface area contributed by atoms with E-state index in [4.69, 9.17) is 0 Å². The molecular weight excluding hydrogens is 208 g/mol. The quantitative estimate of drug-likeness (QED) is 0.834. The van der Waals surface area contributed by atoms with Gasteiger partial charge in [-0.05, 0) is 37.8 Å². The van der Waals surface area contributed by atoms with Crippen molar-refractivity contribution in [2.45, 2.75) is 50.6 Å². The smallest absolute Gasteiger partial charge is 0.0427 e. The molecule has 3 rings (SSSR count). The van der Waals surface area contributed by atoms with Gasteiger partial charge in [0.05, 0.1) is 0 Å². The summed E-state index contributed by atoms with van der Waals surface area (Å²) in [6, 6.07) is 9.24. The van der Waals surface area contributed by atoms with Crippen LogP contribution in [-0.2, 0) is 6.42 Å². The van der Waals surface area contributed by atoms with Crippen LogP contribution in [0.4, 0.5) is 5.69 Å². The lowest BCUT2D eigenvalue weighted by Crippen LogP contribution is -2.45. The highest BCUT2D eigenvalue weighted by atomic mass is 15.0. The zero-order valence-electron chi connectivity index (χ0n) is 10.6. The van der Waals surface area contributed by atoms with Crippen LogP contribution in [0.1, 0.15) is 38.2 Å². The Bertz CT molecular complexity index is 369. The van der Waals surface area contributed by atoms with E-state index in [1.807, 2.05) is 0 Å². The van der Waals surface area contributed by atoms with Crippen LogP contribution in [0, 0.1) is 0 Å². The average molecular weight is 230 g/mol. The van der Waals surface area contributed by atoms with Crippen LogP contribution in [-0.4, -0.2) is 18.1 Å². The fraction of sp³-hybridized carbons (Fsp3) is 0.600. The fourth-order valence-corrected chi connectivity index (χ4v) is 3.20. The van der Waals surface area contributed by atoms with Crippen molar-refractivity contribution >= 4 is 5.69 Å². The predicted octanol–water partition coefficient (Wildman–Crippen LogP) is 2.95. The Hall–Kier alpha value is -1.02. The monoisotopic (exact) mass is 230 g/mol. The minimum absolute atomic E-state index is 0.399. The van der Waals surface area contributed by atoms with Crippen molar-refractivity contribution in [1.82, 2.24) is 5.32 Å². The summed E-state index contributed by atoms with van der Waals surface area (Å²) in [7, 11) is 0. The highest BCUT2D eigenvalue weighted by molar-refractivity contribution is 5.56. The van der Waals surface area contributed by atoms with Crippen molar-refractivity contribution in [2.24, 2.45) is 0 Å². The van der Waals surface area contributed by atoms with E-state index >= 15 is 0 Å². The number of hydrogen-bond donors (Lipinski definition) is 2. The zero-order chi connectivity index (χ0) is 11.7. The summed E-state index contributed by atoms with van der Waals surface area (Å²) in [6.07, 6.45) is 6.63. The standard InChI is InChI=1S/C15H22N2/c1-15(8-4-5-9-15)16-11-13-10-12-6-2-3-7-14(12)17-13/h2-3,6-7,13,16-17H,4-5,8-11H2,1H3. The second kappa shape index (κ2) is 4.34. The predicted molar refractivity (Wildman–Crippen MR) is 72.4 cm³/mol. The molecule has 0 amide bonds. The Balaban J connectivity index is 1.55. The second-order valence-corrected chi connectivity index (χ2v) is 5.85. The van der Waals surface area contributed by atoms with Crippen molar-refractivity contribution in [1.29, 1.82) is 0 Å². The van der Waals surface area contributed by atoms with Crippen LogP contribution in [0.15, 0.2) is 24.3 Å². The molecule has 1 aliphatic heterocycles. The molecule has 1 aliphatic carbocycles. The molecule has 1 heterocycles. The van der Waals surface area contributed by atoms with Gasteiger partial charge in [-0.3, -0.25) is 0 Å². The van der Waals surface area contributed by atoms with Crippen LogP contribution in [0.2, 0.25) is 0 Å². The van der Waals surface area contributed by atoms with Gasteiger partial charge in [-0.15, -0.1) is 0 Å². The molecule has 0 aromatic heterocycles. The summed E-state index contributed by atoms with van der Waals surface area (Å²) in [5.41, 5.74) is 3.20. The average Bonchev–Trinajstić information content (AvgIpc) is 2.93. The van der Waals surface area contributed by atoms with Gasteiger partial charge in [-0.1, -0.05) is 31.0 Å². The van der Waals surface area contributed by atoms with E-state index in [0.717, 1.165) is 6.54 Å². The maximum absolute atomic E-state index is 3.77. The van der Waals surface area contributed by atoms with Crippen LogP contribution < -0.4 is 10.6 Å². The van der Waals surface area contributed by atoms with Gasteiger partial charge < -0.3 is 10.6 Å². The summed E-state index contributed by atoms with van der Waals surface area (Å²) < 4.78 is 0. The molecule has 0 radical (unpaired) electrons. The van der Waals surface area contributed by atoms with Crippen LogP contribution >= 0.6 is 0 Å². The van der Waals surface area contributed by atoms with Gasteiger partial charge in [-0.25, -0.2) is 0 Å². The maximum Gasteiger partial charge on any atom is 0.0427 e. The molecule has 2 nitrogen and oxygen atoms in total. The molecular formula is C15H22N2.